The average Bonchev–Trinajstić information content (AvgIpc) is 2.64. The van der Waals surface area contributed by atoms with Crippen molar-refractivity contribution in [2.45, 2.75) is 13.3 Å². The van der Waals surface area contributed by atoms with Gasteiger partial charge in [-0.15, -0.1) is 13.2 Å². The number of rotatable bonds is 5. The number of anilines is 2. The number of halogens is 3. The van der Waals surface area contributed by atoms with Crippen LogP contribution >= 0.6 is 16.4 Å². The predicted octanol–water partition coefficient (Wildman–Crippen LogP) is 5.34. The maximum Gasteiger partial charge on any atom is 0.573 e. The Kier molecular flexibility index (Phi) is 5.92. The summed E-state index contributed by atoms with van der Waals surface area (Å²) in [5.41, 5.74) is 2.85. The second-order valence-corrected chi connectivity index (χ2v) is 8.34. The number of nitrogens with one attached hydrogen (secondary N) is 1. The second-order valence-electron chi connectivity index (χ2n) is 5.77. The van der Waals surface area contributed by atoms with E-state index in [4.69, 9.17) is 0 Å². The fourth-order valence-corrected chi connectivity index (χ4v) is 3.47. The molecule has 2 unspecified atom stereocenters. The van der Waals surface area contributed by atoms with Crippen LogP contribution in [0.5, 0.6) is 5.75 Å². The predicted molar refractivity (Wildman–Crippen MR) is 106 cm³/mol. The van der Waals surface area contributed by atoms with E-state index in [9.17, 15) is 17.7 Å². The first-order valence-electron chi connectivity index (χ1n) is 8.00. The average molecular weight is 424 g/mol. The monoisotopic (exact) mass is 424 g/mol. The number of benzene rings is 2. The molecular weight excluding hydrogens is 409 g/mol. The van der Waals surface area contributed by atoms with E-state index in [1.54, 1.807) is 12.1 Å². The molecular formula is C18H15F3N3O2P2+. The molecule has 0 bridgehead atoms. The molecule has 0 fully saturated rings. The van der Waals surface area contributed by atoms with E-state index in [-0.39, 0.29) is 5.75 Å². The van der Waals surface area contributed by atoms with Crippen molar-refractivity contribution in [3.8, 4) is 17.0 Å². The fraction of sp³-hybridized carbons (Fsp3) is 0.111. The van der Waals surface area contributed by atoms with E-state index in [2.05, 4.69) is 29.0 Å². The molecule has 3 rings (SSSR count). The molecule has 3 aromatic rings. The largest absolute Gasteiger partial charge is 0.573 e. The number of hydrogen-bond acceptors (Lipinski definition) is 5. The summed E-state index contributed by atoms with van der Waals surface area (Å²) >= 11 is 0. The minimum Gasteiger partial charge on any atom is -0.406 e. The third kappa shape index (κ3) is 5.03. The van der Waals surface area contributed by atoms with E-state index in [1.165, 1.54) is 30.6 Å². The lowest BCUT2D eigenvalue weighted by molar-refractivity contribution is -0.274. The van der Waals surface area contributed by atoms with Gasteiger partial charge in [0.2, 0.25) is 0 Å². The van der Waals surface area contributed by atoms with Crippen molar-refractivity contribution >= 4 is 33.2 Å². The van der Waals surface area contributed by atoms with Crippen molar-refractivity contribution in [2.24, 2.45) is 0 Å². The van der Waals surface area contributed by atoms with Gasteiger partial charge in [0.25, 0.3) is 0 Å². The first-order chi connectivity index (χ1) is 13.2. The molecule has 0 saturated heterocycles. The minimum absolute atomic E-state index is 0.300. The molecule has 0 aliphatic rings. The number of nitrogens with zero attached hydrogens (tertiary/aromatic N) is 2. The van der Waals surface area contributed by atoms with Gasteiger partial charge in [-0.1, -0.05) is 4.57 Å². The first-order valence-corrected chi connectivity index (χ1v) is 10.9. The van der Waals surface area contributed by atoms with Crippen LogP contribution in [0, 0.1) is 6.92 Å². The number of ether oxygens (including phenoxy) is 1. The van der Waals surface area contributed by atoms with Gasteiger partial charge < -0.3 is 10.1 Å². The van der Waals surface area contributed by atoms with Crippen LogP contribution in [0.3, 0.4) is 0 Å². The summed E-state index contributed by atoms with van der Waals surface area (Å²) < 4.78 is 52.1. The molecule has 0 saturated carbocycles. The quantitative estimate of drug-likeness (QED) is 0.561. The van der Waals surface area contributed by atoms with E-state index >= 15 is 0 Å². The van der Waals surface area contributed by atoms with Crippen molar-refractivity contribution in [3.63, 3.8) is 0 Å². The molecule has 10 heteroatoms. The Morgan fingerprint density at radius 1 is 1.04 bits per heavy atom. The molecule has 0 spiro atoms. The zero-order valence-corrected chi connectivity index (χ0v) is 16.6. The highest BCUT2D eigenvalue weighted by atomic mass is 32.0. The molecule has 2 atom stereocenters. The van der Waals surface area contributed by atoms with Crippen LogP contribution < -0.4 is 15.4 Å². The van der Waals surface area contributed by atoms with Crippen LogP contribution in [0.1, 0.15) is 5.56 Å². The maximum atomic E-state index is 12.2. The van der Waals surface area contributed by atoms with Gasteiger partial charge in [0.05, 0.1) is 5.69 Å². The lowest BCUT2D eigenvalue weighted by atomic mass is 10.1. The van der Waals surface area contributed by atoms with Gasteiger partial charge in [0, 0.05) is 16.8 Å². The Balaban J connectivity index is 1.82. The molecule has 1 heterocycles. The van der Waals surface area contributed by atoms with E-state index in [0.717, 1.165) is 16.4 Å². The number of hydrogen-bond donors (Lipinski definition) is 1. The lowest BCUT2D eigenvalue weighted by Crippen LogP contribution is -2.17. The normalized spacial score (nSPS) is 11.8. The molecule has 0 radical (unpaired) electrons. The summed E-state index contributed by atoms with van der Waals surface area (Å²) in [6.45, 7) is 1.84. The van der Waals surface area contributed by atoms with E-state index < -0.39 is 13.9 Å². The first kappa shape index (κ1) is 20.2. The summed E-state index contributed by atoms with van der Waals surface area (Å²) in [6, 6.07) is 12.6. The smallest absolute Gasteiger partial charge is 0.406 e. The number of aromatic nitrogens is 2. The highest BCUT2D eigenvalue weighted by molar-refractivity contribution is 8.10. The van der Waals surface area contributed by atoms with Gasteiger partial charge >= 0.3 is 13.9 Å². The van der Waals surface area contributed by atoms with Crippen molar-refractivity contribution < 1.29 is 22.5 Å². The third-order valence-corrected chi connectivity index (χ3v) is 5.53. The highest BCUT2D eigenvalue weighted by Crippen LogP contribution is 2.31. The minimum atomic E-state index is -4.73. The van der Waals surface area contributed by atoms with E-state index in [0.29, 0.717) is 17.2 Å². The Labute approximate surface area is 162 Å². The molecule has 0 aliphatic heterocycles. The summed E-state index contributed by atoms with van der Waals surface area (Å²) in [5, 5.41) is 3.78. The lowest BCUT2D eigenvalue weighted by Gasteiger charge is -2.13. The molecule has 1 N–H and O–H groups in total. The Morgan fingerprint density at radius 3 is 2.25 bits per heavy atom. The van der Waals surface area contributed by atoms with Crippen LogP contribution in [0.2, 0.25) is 0 Å². The van der Waals surface area contributed by atoms with Gasteiger partial charge in [-0.25, -0.2) is 9.97 Å². The zero-order valence-electron chi connectivity index (χ0n) is 14.6. The molecule has 0 aliphatic carbocycles. The zero-order chi connectivity index (χ0) is 20.3. The van der Waals surface area contributed by atoms with Crippen molar-refractivity contribution in [1.82, 2.24) is 9.97 Å². The number of alkyl halides is 3. The van der Waals surface area contributed by atoms with Gasteiger partial charge in [-0.3, -0.25) is 0 Å². The molecule has 28 heavy (non-hydrogen) atoms. The SMILES string of the molecule is Cc1c(Nc2ccc(OC(F)(F)F)cc2)ncnc1-c1ccc([P+](=O)P)cc1. The van der Waals surface area contributed by atoms with Crippen LogP contribution in [0.25, 0.3) is 11.3 Å². The molecule has 144 valence electrons. The van der Waals surface area contributed by atoms with Crippen molar-refractivity contribution in [3.05, 3.63) is 60.4 Å². The standard InChI is InChI=1S/C18H15F3N3O2P2/c1-11-16(12-2-8-15(9-3-12)28(25)27)22-10-23-17(11)24-13-4-6-14(7-5-13)26-18(19,20)21/h2-10H,27H2,1H3,(H,22,23,24)/q+1. The molecule has 0 amide bonds. The van der Waals surface area contributed by atoms with Crippen LogP contribution in [-0.2, 0) is 4.57 Å². The topological polar surface area (TPSA) is 64.1 Å². The van der Waals surface area contributed by atoms with E-state index in [1.807, 2.05) is 19.1 Å². The van der Waals surface area contributed by atoms with Gasteiger partial charge in [-0.2, -0.15) is 0 Å². The summed E-state index contributed by atoms with van der Waals surface area (Å²) in [7, 11) is 0.775. The second kappa shape index (κ2) is 8.21. The summed E-state index contributed by atoms with van der Waals surface area (Å²) in [4.78, 5) is 8.51. The molecule has 2 aromatic carbocycles. The third-order valence-electron chi connectivity index (χ3n) is 3.83. The van der Waals surface area contributed by atoms with Gasteiger partial charge in [0.1, 0.15) is 26.8 Å². The summed E-state index contributed by atoms with van der Waals surface area (Å²) in [5.74, 6) is 0.223. The highest BCUT2D eigenvalue weighted by Gasteiger charge is 2.30. The van der Waals surface area contributed by atoms with Crippen LogP contribution in [0.4, 0.5) is 24.7 Å². The van der Waals surface area contributed by atoms with Crippen molar-refractivity contribution in [2.75, 3.05) is 5.32 Å². The van der Waals surface area contributed by atoms with Crippen LogP contribution in [0.15, 0.2) is 54.9 Å². The van der Waals surface area contributed by atoms with Gasteiger partial charge in [-0.05, 0) is 55.5 Å². The Hall–Kier alpha value is -2.56. The fourth-order valence-electron chi connectivity index (χ4n) is 2.51. The van der Waals surface area contributed by atoms with Crippen LogP contribution in [-0.4, -0.2) is 16.3 Å². The summed E-state index contributed by atoms with van der Waals surface area (Å²) in [6.07, 6.45) is -3.33. The Bertz CT molecular complexity index is 994. The van der Waals surface area contributed by atoms with Crippen molar-refractivity contribution in [1.29, 1.82) is 0 Å². The molecule has 5 nitrogen and oxygen atoms in total. The molecule has 1 aromatic heterocycles. The Morgan fingerprint density at radius 2 is 1.68 bits per heavy atom. The maximum absolute atomic E-state index is 12.2. The van der Waals surface area contributed by atoms with Gasteiger partial charge in [0.15, 0.2) is 5.30 Å².